The molecule has 1 aromatic carbocycles. The number of hydrogen-bond donors (Lipinski definition) is 1. The van der Waals surface area contributed by atoms with Gasteiger partial charge >= 0.3 is 6.36 Å². The van der Waals surface area contributed by atoms with Crippen LogP contribution in [0.5, 0.6) is 5.75 Å². The van der Waals surface area contributed by atoms with Gasteiger partial charge in [-0.3, -0.25) is 0 Å². The van der Waals surface area contributed by atoms with E-state index in [1.54, 1.807) is 13.0 Å². The topological polar surface area (TPSA) is 29.5 Å². The van der Waals surface area contributed by atoms with Crippen molar-refractivity contribution < 1.29 is 23.0 Å². The van der Waals surface area contributed by atoms with E-state index >= 15 is 0 Å². The van der Waals surface area contributed by atoms with Crippen molar-refractivity contribution in [1.82, 2.24) is 0 Å². The van der Waals surface area contributed by atoms with Crippen LogP contribution in [0.15, 0.2) is 30.3 Å². The fourth-order valence-corrected chi connectivity index (χ4v) is 1.07. The lowest BCUT2D eigenvalue weighted by molar-refractivity contribution is -0.274. The number of ether oxygens (including phenoxy) is 1. The molecule has 1 atom stereocenters. The van der Waals surface area contributed by atoms with Gasteiger partial charge in [0.25, 0.3) is 0 Å². The zero-order chi connectivity index (χ0) is 12.2. The Labute approximate surface area is 91.0 Å². The van der Waals surface area contributed by atoms with Crippen LogP contribution in [0.25, 0.3) is 6.08 Å². The van der Waals surface area contributed by atoms with Gasteiger partial charge in [-0.1, -0.05) is 24.3 Å². The van der Waals surface area contributed by atoms with Gasteiger partial charge in [0.15, 0.2) is 0 Å². The Balaban J connectivity index is 2.79. The highest BCUT2D eigenvalue weighted by molar-refractivity contribution is 5.52. The number of alkyl halides is 3. The van der Waals surface area contributed by atoms with E-state index < -0.39 is 12.5 Å². The van der Waals surface area contributed by atoms with Gasteiger partial charge in [0, 0.05) is 0 Å². The minimum atomic E-state index is -4.69. The Hall–Kier alpha value is -1.49. The van der Waals surface area contributed by atoms with Gasteiger partial charge in [-0.15, -0.1) is 13.2 Å². The molecule has 0 spiro atoms. The molecule has 1 N–H and O–H groups in total. The first kappa shape index (κ1) is 12.6. The molecule has 5 heteroatoms. The molecule has 0 aliphatic heterocycles. The molecular weight excluding hydrogens is 221 g/mol. The van der Waals surface area contributed by atoms with Crippen molar-refractivity contribution >= 4 is 6.08 Å². The van der Waals surface area contributed by atoms with Gasteiger partial charge in [0.1, 0.15) is 5.75 Å². The molecule has 0 aromatic heterocycles. The first-order valence-corrected chi connectivity index (χ1v) is 4.59. The summed E-state index contributed by atoms with van der Waals surface area (Å²) in [5.41, 5.74) is 0.530. The average Bonchev–Trinajstić information content (AvgIpc) is 2.12. The van der Waals surface area contributed by atoms with E-state index in [0.29, 0.717) is 5.56 Å². The maximum absolute atomic E-state index is 11.9. The Bertz CT molecular complexity index is 370. The Morgan fingerprint density at radius 2 is 2.06 bits per heavy atom. The summed E-state index contributed by atoms with van der Waals surface area (Å²) in [7, 11) is 0. The van der Waals surface area contributed by atoms with Gasteiger partial charge in [0.05, 0.1) is 6.10 Å². The van der Waals surface area contributed by atoms with E-state index in [1.807, 2.05) is 0 Å². The molecule has 0 bridgehead atoms. The monoisotopic (exact) mass is 232 g/mol. The third-order valence-electron chi connectivity index (χ3n) is 1.66. The lowest BCUT2D eigenvalue weighted by Crippen LogP contribution is -2.17. The van der Waals surface area contributed by atoms with Crippen LogP contribution < -0.4 is 4.74 Å². The molecule has 0 fully saturated rings. The van der Waals surface area contributed by atoms with Crippen molar-refractivity contribution in [3.05, 3.63) is 35.9 Å². The van der Waals surface area contributed by atoms with Crippen LogP contribution in [0.1, 0.15) is 12.5 Å². The minimum Gasteiger partial charge on any atom is -0.406 e. The van der Waals surface area contributed by atoms with Gasteiger partial charge in [0.2, 0.25) is 0 Å². The van der Waals surface area contributed by atoms with Crippen LogP contribution in [0.4, 0.5) is 13.2 Å². The number of hydrogen-bond acceptors (Lipinski definition) is 2. The molecule has 0 saturated carbocycles. The number of benzene rings is 1. The van der Waals surface area contributed by atoms with Gasteiger partial charge in [-0.05, 0) is 24.6 Å². The Morgan fingerprint density at radius 1 is 1.38 bits per heavy atom. The zero-order valence-electron chi connectivity index (χ0n) is 8.53. The largest absolute Gasteiger partial charge is 0.573 e. The second kappa shape index (κ2) is 5.03. The number of aliphatic hydroxyl groups is 1. The van der Waals surface area contributed by atoms with Gasteiger partial charge < -0.3 is 9.84 Å². The molecule has 0 heterocycles. The minimum absolute atomic E-state index is 0.278. The van der Waals surface area contributed by atoms with Crippen molar-refractivity contribution in [1.29, 1.82) is 0 Å². The lowest BCUT2D eigenvalue weighted by atomic mass is 10.2. The zero-order valence-corrected chi connectivity index (χ0v) is 8.53. The standard InChI is InChI=1S/C11H11F3O2/c1-8(15)5-6-9-3-2-4-10(7-9)16-11(12,13)14/h2-8,15H,1H3/b6-5+. The third kappa shape index (κ3) is 4.84. The van der Waals surface area contributed by atoms with Crippen molar-refractivity contribution in [3.8, 4) is 5.75 Å². The summed E-state index contributed by atoms with van der Waals surface area (Å²) >= 11 is 0. The first-order valence-electron chi connectivity index (χ1n) is 4.59. The quantitative estimate of drug-likeness (QED) is 0.868. The van der Waals surface area contributed by atoms with Gasteiger partial charge in [-0.25, -0.2) is 0 Å². The van der Waals surface area contributed by atoms with Crippen molar-refractivity contribution in [2.45, 2.75) is 19.4 Å². The number of halogens is 3. The smallest absolute Gasteiger partial charge is 0.406 e. The molecular formula is C11H11F3O2. The van der Waals surface area contributed by atoms with Crippen LogP contribution in [0.2, 0.25) is 0 Å². The first-order chi connectivity index (χ1) is 7.37. The Morgan fingerprint density at radius 3 is 2.62 bits per heavy atom. The summed E-state index contributed by atoms with van der Waals surface area (Å²) in [6, 6.07) is 5.52. The van der Waals surface area contributed by atoms with Crippen LogP contribution in [-0.4, -0.2) is 17.6 Å². The highest BCUT2D eigenvalue weighted by atomic mass is 19.4. The average molecular weight is 232 g/mol. The third-order valence-corrected chi connectivity index (χ3v) is 1.66. The number of aliphatic hydroxyl groups excluding tert-OH is 1. The molecule has 0 radical (unpaired) electrons. The molecule has 2 nitrogen and oxygen atoms in total. The molecule has 0 aliphatic carbocycles. The van der Waals surface area contributed by atoms with E-state index in [0.717, 1.165) is 0 Å². The molecule has 1 unspecified atom stereocenters. The predicted octanol–water partition coefficient (Wildman–Crippen LogP) is 2.98. The van der Waals surface area contributed by atoms with Crippen molar-refractivity contribution in [2.24, 2.45) is 0 Å². The number of rotatable bonds is 3. The summed E-state index contributed by atoms with van der Waals surface area (Å²) in [6.07, 6.45) is -2.35. The van der Waals surface area contributed by atoms with E-state index in [9.17, 15) is 13.2 Å². The summed E-state index contributed by atoms with van der Waals surface area (Å²) in [5.74, 6) is -0.278. The second-order valence-corrected chi connectivity index (χ2v) is 3.22. The highest BCUT2D eigenvalue weighted by Crippen LogP contribution is 2.23. The predicted molar refractivity (Wildman–Crippen MR) is 53.8 cm³/mol. The molecule has 88 valence electrons. The lowest BCUT2D eigenvalue weighted by Gasteiger charge is -2.08. The summed E-state index contributed by atoms with van der Waals surface area (Å²) in [6.45, 7) is 1.55. The second-order valence-electron chi connectivity index (χ2n) is 3.22. The van der Waals surface area contributed by atoms with Crippen LogP contribution in [0.3, 0.4) is 0 Å². The van der Waals surface area contributed by atoms with Crippen LogP contribution >= 0.6 is 0 Å². The van der Waals surface area contributed by atoms with Gasteiger partial charge in [-0.2, -0.15) is 0 Å². The molecule has 0 amide bonds. The molecule has 0 aliphatic rings. The molecule has 1 rings (SSSR count). The maximum atomic E-state index is 11.9. The fraction of sp³-hybridized carbons (Fsp3) is 0.273. The van der Waals surface area contributed by atoms with Crippen LogP contribution in [0, 0.1) is 0 Å². The van der Waals surface area contributed by atoms with E-state index in [4.69, 9.17) is 5.11 Å². The van der Waals surface area contributed by atoms with E-state index in [2.05, 4.69) is 4.74 Å². The van der Waals surface area contributed by atoms with E-state index in [-0.39, 0.29) is 5.75 Å². The molecule has 1 aromatic rings. The summed E-state index contributed by atoms with van der Waals surface area (Å²) in [4.78, 5) is 0. The SMILES string of the molecule is CC(O)/C=C/c1cccc(OC(F)(F)F)c1. The molecule has 0 saturated heterocycles. The summed E-state index contributed by atoms with van der Waals surface area (Å²) < 4.78 is 39.5. The summed E-state index contributed by atoms with van der Waals surface area (Å²) in [5, 5.41) is 8.97. The van der Waals surface area contributed by atoms with E-state index in [1.165, 1.54) is 30.4 Å². The maximum Gasteiger partial charge on any atom is 0.573 e. The fourth-order valence-electron chi connectivity index (χ4n) is 1.07. The normalized spacial score (nSPS) is 14.1. The van der Waals surface area contributed by atoms with Crippen molar-refractivity contribution in [2.75, 3.05) is 0 Å². The van der Waals surface area contributed by atoms with Crippen LogP contribution in [-0.2, 0) is 0 Å². The molecule has 16 heavy (non-hydrogen) atoms. The van der Waals surface area contributed by atoms with Crippen molar-refractivity contribution in [3.63, 3.8) is 0 Å². The highest BCUT2D eigenvalue weighted by Gasteiger charge is 2.30. The Kier molecular flexibility index (Phi) is 3.95.